The molecule has 13 heavy (non-hydrogen) atoms. The lowest BCUT2D eigenvalue weighted by Gasteiger charge is -2.21. The fourth-order valence-electron chi connectivity index (χ4n) is 1.69. The zero-order valence-corrected chi connectivity index (χ0v) is 7.98. The van der Waals surface area contributed by atoms with E-state index in [1.54, 1.807) is 0 Å². The van der Waals surface area contributed by atoms with Crippen LogP contribution < -0.4 is 5.32 Å². The maximum atomic E-state index is 9.63. The minimum absolute atomic E-state index is 0.360. The third-order valence-corrected chi connectivity index (χ3v) is 2.59. The third kappa shape index (κ3) is 2.64. The molecular formula is C9H19NO3. The van der Waals surface area contributed by atoms with Crippen LogP contribution in [0.3, 0.4) is 0 Å². The summed E-state index contributed by atoms with van der Waals surface area (Å²) in [6, 6.07) is -0.360. The highest BCUT2D eigenvalue weighted by atomic mass is 16.3. The molecule has 0 saturated carbocycles. The molecule has 4 N–H and O–H groups in total. The van der Waals surface area contributed by atoms with Gasteiger partial charge in [-0.3, -0.25) is 0 Å². The number of hydrogen-bond donors (Lipinski definition) is 4. The number of β-amino-alcohol motifs (C(OH)–C–C–N with tert-alkyl or cyclic N) is 1. The van der Waals surface area contributed by atoms with Gasteiger partial charge in [-0.2, -0.15) is 0 Å². The minimum atomic E-state index is -0.827. The Morgan fingerprint density at radius 3 is 2.62 bits per heavy atom. The molecule has 78 valence electrons. The number of hydrogen-bond acceptors (Lipinski definition) is 4. The normalized spacial score (nSPS) is 36.5. The van der Waals surface area contributed by atoms with Crippen molar-refractivity contribution in [3.63, 3.8) is 0 Å². The fourth-order valence-corrected chi connectivity index (χ4v) is 1.69. The lowest BCUT2D eigenvalue weighted by molar-refractivity contribution is 0.00422. The van der Waals surface area contributed by atoms with E-state index in [0.29, 0.717) is 13.0 Å². The molecule has 1 fully saturated rings. The summed E-state index contributed by atoms with van der Waals surface area (Å²) in [5.41, 5.74) is 0. The molecule has 0 spiro atoms. The number of unbranched alkanes of at least 4 members (excludes halogenated alkanes) is 1. The molecule has 4 nitrogen and oxygen atoms in total. The second-order valence-corrected chi connectivity index (χ2v) is 3.70. The first kappa shape index (κ1) is 10.9. The molecule has 0 radical (unpaired) electrons. The Kier molecular flexibility index (Phi) is 4.12. The Hall–Kier alpha value is -0.160. The molecule has 1 saturated heterocycles. The largest absolute Gasteiger partial charge is 0.391 e. The summed E-state index contributed by atoms with van der Waals surface area (Å²) in [5, 5.41) is 31.2. The van der Waals surface area contributed by atoms with Gasteiger partial charge in [0.1, 0.15) is 0 Å². The highest BCUT2D eigenvalue weighted by Gasteiger charge is 2.36. The Balaban J connectivity index is 2.34. The van der Waals surface area contributed by atoms with Crippen LogP contribution in [0, 0.1) is 0 Å². The molecule has 1 heterocycles. The van der Waals surface area contributed by atoms with Gasteiger partial charge >= 0.3 is 0 Å². The van der Waals surface area contributed by atoms with Gasteiger partial charge in [-0.25, -0.2) is 0 Å². The number of aliphatic hydroxyl groups is 3. The van der Waals surface area contributed by atoms with Crippen molar-refractivity contribution in [2.45, 2.75) is 50.5 Å². The van der Waals surface area contributed by atoms with Crippen LogP contribution in [0.15, 0.2) is 0 Å². The van der Waals surface area contributed by atoms with Crippen molar-refractivity contribution in [1.29, 1.82) is 0 Å². The van der Waals surface area contributed by atoms with Crippen molar-refractivity contribution in [2.75, 3.05) is 6.54 Å². The van der Waals surface area contributed by atoms with Gasteiger partial charge in [0.05, 0.1) is 24.4 Å². The zero-order valence-electron chi connectivity index (χ0n) is 7.98. The second-order valence-electron chi connectivity index (χ2n) is 3.70. The van der Waals surface area contributed by atoms with Crippen LogP contribution in [-0.2, 0) is 0 Å². The monoisotopic (exact) mass is 189 g/mol. The van der Waals surface area contributed by atoms with Gasteiger partial charge in [-0.1, -0.05) is 19.8 Å². The Morgan fingerprint density at radius 1 is 1.46 bits per heavy atom. The summed E-state index contributed by atoms with van der Waals surface area (Å²) < 4.78 is 0. The summed E-state index contributed by atoms with van der Waals surface area (Å²) in [4.78, 5) is 0. The average Bonchev–Trinajstić information content (AvgIpc) is 2.44. The lowest BCUT2D eigenvalue weighted by atomic mass is 10.0. The van der Waals surface area contributed by atoms with Crippen molar-refractivity contribution < 1.29 is 15.3 Å². The molecule has 1 aliphatic rings. The zero-order chi connectivity index (χ0) is 9.84. The first-order chi connectivity index (χ1) is 6.16. The molecule has 4 atom stereocenters. The van der Waals surface area contributed by atoms with E-state index < -0.39 is 18.3 Å². The van der Waals surface area contributed by atoms with Crippen molar-refractivity contribution >= 4 is 0 Å². The number of nitrogens with one attached hydrogen (secondary N) is 1. The molecule has 4 heteroatoms. The van der Waals surface area contributed by atoms with Gasteiger partial charge in [0, 0.05) is 6.54 Å². The van der Waals surface area contributed by atoms with Crippen molar-refractivity contribution in [2.24, 2.45) is 0 Å². The second kappa shape index (κ2) is 4.91. The van der Waals surface area contributed by atoms with Gasteiger partial charge in [0.15, 0.2) is 0 Å². The van der Waals surface area contributed by atoms with E-state index in [1.807, 2.05) is 0 Å². The van der Waals surface area contributed by atoms with Crippen LogP contribution in [0.5, 0.6) is 0 Å². The van der Waals surface area contributed by atoms with Crippen molar-refractivity contribution in [3.8, 4) is 0 Å². The summed E-state index contributed by atoms with van der Waals surface area (Å²) in [6.45, 7) is 2.43. The molecule has 0 bridgehead atoms. The van der Waals surface area contributed by atoms with Crippen LogP contribution >= 0.6 is 0 Å². The van der Waals surface area contributed by atoms with E-state index in [-0.39, 0.29) is 6.04 Å². The predicted molar refractivity (Wildman–Crippen MR) is 49.3 cm³/mol. The molecule has 0 aromatic heterocycles. The first-order valence-corrected chi connectivity index (χ1v) is 4.94. The van der Waals surface area contributed by atoms with Gasteiger partial charge in [-0.15, -0.1) is 0 Å². The highest BCUT2D eigenvalue weighted by Crippen LogP contribution is 2.15. The van der Waals surface area contributed by atoms with Gasteiger partial charge in [-0.05, 0) is 6.42 Å². The van der Waals surface area contributed by atoms with E-state index in [9.17, 15) is 15.3 Å². The molecule has 0 unspecified atom stereocenters. The van der Waals surface area contributed by atoms with Crippen LogP contribution in [0.4, 0.5) is 0 Å². The Morgan fingerprint density at radius 2 is 2.15 bits per heavy atom. The van der Waals surface area contributed by atoms with Crippen LogP contribution in [0.25, 0.3) is 0 Å². The quantitative estimate of drug-likeness (QED) is 0.468. The molecule has 1 rings (SSSR count). The van der Waals surface area contributed by atoms with E-state index in [0.717, 1.165) is 12.8 Å². The van der Waals surface area contributed by atoms with Crippen LogP contribution in [0.2, 0.25) is 0 Å². The molecule has 0 aromatic rings. The van der Waals surface area contributed by atoms with E-state index in [2.05, 4.69) is 12.2 Å². The van der Waals surface area contributed by atoms with E-state index >= 15 is 0 Å². The van der Waals surface area contributed by atoms with Gasteiger partial charge in [0.25, 0.3) is 0 Å². The van der Waals surface area contributed by atoms with Gasteiger partial charge in [0.2, 0.25) is 0 Å². The maximum absolute atomic E-state index is 9.63. The fraction of sp³-hybridized carbons (Fsp3) is 1.00. The summed E-state index contributed by atoms with van der Waals surface area (Å²) in [7, 11) is 0. The van der Waals surface area contributed by atoms with Crippen molar-refractivity contribution in [1.82, 2.24) is 5.32 Å². The molecule has 0 aromatic carbocycles. The number of aliphatic hydroxyl groups excluding tert-OH is 3. The predicted octanol–water partition coefficient (Wildman–Crippen LogP) is -0.769. The smallest absolute Gasteiger partial charge is 0.0989 e. The standard InChI is InChI=1S/C9H19NO3/c1-2-3-4-6(11)8-9(13)7(12)5-10-8/h6-13H,2-5H2,1H3/t6-,7-,8-,9+/m1/s1. The molecule has 0 aliphatic carbocycles. The minimum Gasteiger partial charge on any atom is -0.391 e. The summed E-state index contributed by atoms with van der Waals surface area (Å²) >= 11 is 0. The molecular weight excluding hydrogens is 170 g/mol. The Bertz CT molecular complexity index is 154. The van der Waals surface area contributed by atoms with Crippen LogP contribution in [0.1, 0.15) is 26.2 Å². The third-order valence-electron chi connectivity index (χ3n) is 2.59. The summed E-state index contributed by atoms with van der Waals surface area (Å²) in [5.74, 6) is 0. The lowest BCUT2D eigenvalue weighted by Crippen LogP contribution is -2.43. The average molecular weight is 189 g/mol. The maximum Gasteiger partial charge on any atom is 0.0989 e. The highest BCUT2D eigenvalue weighted by molar-refractivity contribution is 4.94. The van der Waals surface area contributed by atoms with Gasteiger partial charge < -0.3 is 20.6 Å². The van der Waals surface area contributed by atoms with Crippen LogP contribution in [-0.4, -0.2) is 46.2 Å². The number of rotatable bonds is 4. The SMILES string of the molecule is CCCC[C@@H](O)[C@H]1NC[C@@H](O)[C@@H]1O. The summed E-state index contributed by atoms with van der Waals surface area (Å²) in [6.07, 6.45) is 0.544. The van der Waals surface area contributed by atoms with Crippen molar-refractivity contribution in [3.05, 3.63) is 0 Å². The molecule has 0 amide bonds. The first-order valence-electron chi connectivity index (χ1n) is 4.94. The topological polar surface area (TPSA) is 72.7 Å². The van der Waals surface area contributed by atoms with E-state index in [1.165, 1.54) is 0 Å². The Labute approximate surface area is 78.6 Å². The molecule has 1 aliphatic heterocycles. The van der Waals surface area contributed by atoms with E-state index in [4.69, 9.17) is 0 Å².